The van der Waals surface area contributed by atoms with Gasteiger partial charge in [0.25, 0.3) is 0 Å². The fraction of sp³-hybridized carbons (Fsp3) is 0.267. The molecule has 6 heteroatoms. The van der Waals surface area contributed by atoms with Gasteiger partial charge in [-0.05, 0) is 17.7 Å². The van der Waals surface area contributed by atoms with Crippen LogP contribution in [-0.2, 0) is 0 Å². The third-order valence-electron chi connectivity index (χ3n) is 3.38. The quantitative estimate of drug-likeness (QED) is 0.654. The van der Waals surface area contributed by atoms with E-state index in [1.807, 2.05) is 24.3 Å². The first-order valence-electron chi connectivity index (χ1n) is 6.67. The standard InChI is InChI=1S/C15H17N3O3/c1-19-11-7-10(8-17-9-11)14(18-16)12-3-2-4-13-15(12)21-6-5-20-13/h2-4,7-9,14,18H,5-6,16H2,1H3. The van der Waals surface area contributed by atoms with E-state index in [1.54, 1.807) is 19.5 Å². The molecule has 21 heavy (non-hydrogen) atoms. The minimum absolute atomic E-state index is 0.260. The molecule has 0 fully saturated rings. The molecule has 6 nitrogen and oxygen atoms in total. The van der Waals surface area contributed by atoms with Crippen LogP contribution in [0.1, 0.15) is 17.2 Å². The van der Waals surface area contributed by atoms with Gasteiger partial charge in [0.05, 0.1) is 19.3 Å². The Bertz CT molecular complexity index is 633. The van der Waals surface area contributed by atoms with Crippen LogP contribution in [0.5, 0.6) is 17.2 Å². The second kappa shape index (κ2) is 5.99. The summed E-state index contributed by atoms with van der Waals surface area (Å²) in [5, 5.41) is 0. The van der Waals surface area contributed by atoms with E-state index >= 15 is 0 Å². The van der Waals surface area contributed by atoms with Crippen LogP contribution in [0.4, 0.5) is 0 Å². The minimum atomic E-state index is -0.260. The number of methoxy groups -OCH3 is 1. The van der Waals surface area contributed by atoms with Gasteiger partial charge in [-0.15, -0.1) is 0 Å². The lowest BCUT2D eigenvalue weighted by Gasteiger charge is -2.25. The Morgan fingerprint density at radius 1 is 1.29 bits per heavy atom. The van der Waals surface area contributed by atoms with Crippen LogP contribution in [0.25, 0.3) is 0 Å². The molecular formula is C15H17N3O3. The number of pyridine rings is 1. The van der Waals surface area contributed by atoms with Gasteiger partial charge in [0, 0.05) is 11.8 Å². The number of nitrogens with zero attached hydrogens (tertiary/aromatic N) is 1. The van der Waals surface area contributed by atoms with E-state index in [2.05, 4.69) is 10.4 Å². The van der Waals surface area contributed by atoms with Gasteiger partial charge in [-0.2, -0.15) is 0 Å². The zero-order valence-electron chi connectivity index (χ0n) is 11.7. The molecule has 1 atom stereocenters. The van der Waals surface area contributed by atoms with Crippen molar-refractivity contribution >= 4 is 0 Å². The van der Waals surface area contributed by atoms with Crippen molar-refractivity contribution in [1.29, 1.82) is 0 Å². The number of benzene rings is 1. The summed E-state index contributed by atoms with van der Waals surface area (Å²) < 4.78 is 16.6. The number of rotatable bonds is 4. The number of fused-ring (bicyclic) bond motifs is 1. The van der Waals surface area contributed by atoms with E-state index in [-0.39, 0.29) is 6.04 Å². The summed E-state index contributed by atoms with van der Waals surface area (Å²) in [4.78, 5) is 4.17. The molecule has 1 aromatic heterocycles. The van der Waals surface area contributed by atoms with Gasteiger partial charge in [0.2, 0.25) is 0 Å². The molecule has 3 N–H and O–H groups in total. The fourth-order valence-electron chi connectivity index (χ4n) is 2.39. The number of aromatic nitrogens is 1. The second-order valence-electron chi connectivity index (χ2n) is 4.63. The Morgan fingerprint density at radius 2 is 2.14 bits per heavy atom. The normalized spacial score (nSPS) is 14.6. The highest BCUT2D eigenvalue weighted by molar-refractivity contribution is 5.51. The van der Waals surface area contributed by atoms with Crippen molar-refractivity contribution in [2.24, 2.45) is 5.84 Å². The lowest BCUT2D eigenvalue weighted by Crippen LogP contribution is -2.30. The van der Waals surface area contributed by atoms with Gasteiger partial charge in [-0.1, -0.05) is 12.1 Å². The summed E-state index contributed by atoms with van der Waals surface area (Å²) in [5.41, 5.74) is 4.60. The average molecular weight is 287 g/mol. The summed E-state index contributed by atoms with van der Waals surface area (Å²) in [7, 11) is 1.60. The van der Waals surface area contributed by atoms with Crippen molar-refractivity contribution in [3.05, 3.63) is 47.8 Å². The number of hydrazine groups is 1. The number of nitrogens with two attached hydrogens (primary N) is 1. The second-order valence-corrected chi connectivity index (χ2v) is 4.63. The van der Waals surface area contributed by atoms with Crippen LogP contribution >= 0.6 is 0 Å². The van der Waals surface area contributed by atoms with E-state index in [0.29, 0.717) is 19.0 Å². The molecule has 0 aliphatic carbocycles. The summed E-state index contributed by atoms with van der Waals surface area (Å²) in [6.07, 6.45) is 3.40. The number of hydrogen-bond donors (Lipinski definition) is 2. The molecule has 0 saturated heterocycles. The van der Waals surface area contributed by atoms with Crippen molar-refractivity contribution in [1.82, 2.24) is 10.4 Å². The predicted molar refractivity (Wildman–Crippen MR) is 77.4 cm³/mol. The van der Waals surface area contributed by atoms with E-state index < -0.39 is 0 Å². The lowest BCUT2D eigenvalue weighted by molar-refractivity contribution is 0.169. The van der Waals surface area contributed by atoms with Crippen molar-refractivity contribution in [2.45, 2.75) is 6.04 Å². The van der Waals surface area contributed by atoms with E-state index in [1.165, 1.54) is 0 Å². The van der Waals surface area contributed by atoms with Crippen LogP contribution in [-0.4, -0.2) is 25.3 Å². The maximum atomic E-state index is 5.75. The van der Waals surface area contributed by atoms with Gasteiger partial charge in [-0.3, -0.25) is 10.8 Å². The van der Waals surface area contributed by atoms with Crippen molar-refractivity contribution < 1.29 is 14.2 Å². The smallest absolute Gasteiger partial charge is 0.166 e. The molecule has 0 amide bonds. The van der Waals surface area contributed by atoms with E-state index in [4.69, 9.17) is 20.1 Å². The largest absolute Gasteiger partial charge is 0.495 e. The summed E-state index contributed by atoms with van der Waals surface area (Å²) in [5.74, 6) is 7.87. The van der Waals surface area contributed by atoms with Crippen molar-refractivity contribution in [2.75, 3.05) is 20.3 Å². The van der Waals surface area contributed by atoms with Gasteiger partial charge in [0.15, 0.2) is 11.5 Å². The molecule has 0 spiro atoms. The Balaban J connectivity index is 2.03. The Hall–Kier alpha value is -2.31. The first-order valence-corrected chi connectivity index (χ1v) is 6.67. The van der Waals surface area contributed by atoms with E-state index in [0.717, 1.165) is 22.6 Å². The van der Waals surface area contributed by atoms with Crippen LogP contribution in [0.3, 0.4) is 0 Å². The molecule has 1 aromatic carbocycles. The molecule has 1 aliphatic rings. The summed E-state index contributed by atoms with van der Waals surface area (Å²) >= 11 is 0. The van der Waals surface area contributed by atoms with Gasteiger partial charge >= 0.3 is 0 Å². The summed E-state index contributed by atoms with van der Waals surface area (Å²) in [6.45, 7) is 1.08. The molecule has 2 heterocycles. The third kappa shape index (κ3) is 2.63. The van der Waals surface area contributed by atoms with Gasteiger partial charge < -0.3 is 14.2 Å². The number of para-hydroxylation sites is 1. The average Bonchev–Trinajstić information content (AvgIpc) is 2.56. The predicted octanol–water partition coefficient (Wildman–Crippen LogP) is 1.41. The molecule has 0 radical (unpaired) electrons. The number of nitrogens with one attached hydrogen (secondary N) is 1. The van der Waals surface area contributed by atoms with Crippen LogP contribution in [0.15, 0.2) is 36.7 Å². The Kier molecular flexibility index (Phi) is 3.89. The monoisotopic (exact) mass is 287 g/mol. The first-order chi connectivity index (χ1) is 10.3. The first kappa shape index (κ1) is 13.7. The summed E-state index contributed by atoms with van der Waals surface area (Å²) in [6, 6.07) is 7.39. The van der Waals surface area contributed by atoms with Crippen LogP contribution < -0.4 is 25.5 Å². The maximum absolute atomic E-state index is 5.75. The van der Waals surface area contributed by atoms with Gasteiger partial charge in [-0.25, -0.2) is 5.43 Å². The minimum Gasteiger partial charge on any atom is -0.495 e. The molecule has 110 valence electrons. The molecule has 0 saturated carbocycles. The number of ether oxygens (including phenoxy) is 3. The molecule has 1 unspecified atom stereocenters. The Labute approximate surface area is 122 Å². The lowest BCUT2D eigenvalue weighted by atomic mass is 9.99. The van der Waals surface area contributed by atoms with Crippen LogP contribution in [0, 0.1) is 0 Å². The molecule has 0 bridgehead atoms. The SMILES string of the molecule is COc1cncc(C(NN)c2cccc3c2OCCO3)c1. The van der Waals surface area contributed by atoms with Crippen molar-refractivity contribution in [3.63, 3.8) is 0 Å². The zero-order valence-corrected chi connectivity index (χ0v) is 11.7. The number of hydrogen-bond acceptors (Lipinski definition) is 6. The van der Waals surface area contributed by atoms with E-state index in [9.17, 15) is 0 Å². The molecular weight excluding hydrogens is 270 g/mol. The van der Waals surface area contributed by atoms with Gasteiger partial charge in [0.1, 0.15) is 19.0 Å². The fourth-order valence-corrected chi connectivity index (χ4v) is 2.39. The topological polar surface area (TPSA) is 78.6 Å². The molecule has 3 rings (SSSR count). The highest BCUT2D eigenvalue weighted by atomic mass is 16.6. The molecule has 2 aromatic rings. The highest BCUT2D eigenvalue weighted by Gasteiger charge is 2.23. The third-order valence-corrected chi connectivity index (χ3v) is 3.38. The highest BCUT2D eigenvalue weighted by Crippen LogP contribution is 2.39. The van der Waals surface area contributed by atoms with Crippen molar-refractivity contribution in [3.8, 4) is 17.2 Å². The Morgan fingerprint density at radius 3 is 2.95 bits per heavy atom. The molecule has 1 aliphatic heterocycles. The zero-order chi connectivity index (χ0) is 14.7. The van der Waals surface area contributed by atoms with Crippen LogP contribution in [0.2, 0.25) is 0 Å². The maximum Gasteiger partial charge on any atom is 0.166 e.